The Morgan fingerprint density at radius 2 is 0.551 bits per heavy atom. The van der Waals surface area contributed by atoms with E-state index in [0.29, 0.717) is 28.0 Å². The number of aliphatic hydroxyl groups excluding tert-OH is 2. The second-order valence-electron chi connectivity index (χ2n) is 33.4. The van der Waals surface area contributed by atoms with Crippen molar-refractivity contribution in [1.82, 2.24) is 0 Å². The van der Waals surface area contributed by atoms with Crippen LogP contribution in [-0.2, 0) is 40.5 Å². The highest BCUT2D eigenvalue weighted by atomic mass is 16.5. The maximum atomic E-state index is 12.1. The molecular formula is C108H108O10. The van der Waals surface area contributed by atoms with Crippen molar-refractivity contribution < 1.29 is 48.5 Å². The van der Waals surface area contributed by atoms with Crippen LogP contribution >= 0.6 is 0 Å². The molecule has 3 N–H and O–H groups in total. The summed E-state index contributed by atoms with van der Waals surface area (Å²) in [5, 5.41) is 36.7. The Bertz CT molecular complexity index is 5590. The SMILES string of the molecule is C#Cc1ccc(C(C)(C)C)cc1.COc1ccc(-c2c3ccc(OC)cc3c(-c3ccc(C(C)(C)C)cc3)c3c(-c4ccc(OC)cc4)c4ccc(OC)cc4c(-c4ccc(C(C)(C)C)cc4)c23)cc1.COc1ccc(C(=O)c2ccc(CO)cc2)cc1.COc1ccc(C(O)(C#Cc2ccc(C(C)(C)C)cc2)c2ccc(CO)cc2)cc1. The van der Waals surface area contributed by atoms with E-state index < -0.39 is 5.60 Å². The van der Waals surface area contributed by atoms with Crippen LogP contribution in [-0.4, -0.2) is 63.8 Å². The largest absolute Gasteiger partial charge is 0.497 e. The van der Waals surface area contributed by atoms with Gasteiger partial charge in [0.05, 0.1) is 55.9 Å². The highest BCUT2D eigenvalue weighted by Crippen LogP contribution is 2.55. The van der Waals surface area contributed by atoms with Gasteiger partial charge in [-0.1, -0.05) is 271 Å². The van der Waals surface area contributed by atoms with Gasteiger partial charge < -0.3 is 43.7 Å². The lowest BCUT2D eigenvalue weighted by Crippen LogP contribution is -2.25. The Morgan fingerprint density at radius 1 is 0.305 bits per heavy atom. The number of hydrogen-bond donors (Lipinski definition) is 3. The first kappa shape index (κ1) is 86.2. The summed E-state index contributed by atoms with van der Waals surface area (Å²) >= 11 is 0. The Kier molecular flexibility index (Phi) is 27.1. The molecule has 14 aromatic carbocycles. The molecule has 0 spiro atoms. The fourth-order valence-corrected chi connectivity index (χ4v) is 14.4. The van der Waals surface area contributed by atoms with E-state index in [-0.39, 0.29) is 40.7 Å². The molecule has 0 aliphatic carbocycles. The van der Waals surface area contributed by atoms with Crippen LogP contribution in [0.3, 0.4) is 0 Å². The zero-order valence-electron chi connectivity index (χ0n) is 71.2. The number of methoxy groups -OCH3 is 6. The molecule has 0 aliphatic rings. The molecule has 0 bridgehead atoms. The summed E-state index contributed by atoms with van der Waals surface area (Å²) in [6.45, 7) is 26.6. The molecule has 0 saturated heterocycles. The molecule has 0 aliphatic heterocycles. The highest BCUT2D eigenvalue weighted by molar-refractivity contribution is 6.34. The lowest BCUT2D eigenvalue weighted by molar-refractivity contribution is 0.103. The van der Waals surface area contributed by atoms with Gasteiger partial charge in [0.2, 0.25) is 0 Å². The quantitative estimate of drug-likeness (QED) is 0.0488. The second-order valence-corrected chi connectivity index (χ2v) is 33.4. The average Bonchev–Trinajstić information content (AvgIpc) is 0.694. The molecule has 1 atom stereocenters. The maximum Gasteiger partial charge on any atom is 0.193 e. The first-order chi connectivity index (χ1) is 56.4. The molecule has 118 heavy (non-hydrogen) atoms. The van der Waals surface area contributed by atoms with Crippen LogP contribution in [0.1, 0.15) is 155 Å². The van der Waals surface area contributed by atoms with Crippen LogP contribution in [0.25, 0.3) is 76.8 Å². The van der Waals surface area contributed by atoms with E-state index >= 15 is 0 Å². The van der Waals surface area contributed by atoms with Gasteiger partial charge in [0, 0.05) is 33.4 Å². The van der Waals surface area contributed by atoms with Crippen molar-refractivity contribution >= 4 is 38.1 Å². The predicted octanol–water partition coefficient (Wildman–Crippen LogP) is 24.6. The molecule has 0 amide bonds. The number of hydrogen-bond acceptors (Lipinski definition) is 10. The molecule has 0 saturated carbocycles. The van der Waals surface area contributed by atoms with E-state index in [4.69, 9.17) is 40.0 Å². The number of rotatable bonds is 16. The van der Waals surface area contributed by atoms with Gasteiger partial charge in [0.15, 0.2) is 11.4 Å². The smallest absolute Gasteiger partial charge is 0.193 e. The van der Waals surface area contributed by atoms with Crippen LogP contribution in [0.15, 0.2) is 279 Å². The van der Waals surface area contributed by atoms with E-state index in [9.17, 15) is 15.0 Å². The Labute approximate surface area is 697 Å². The highest BCUT2D eigenvalue weighted by Gasteiger charge is 2.32. The molecule has 0 radical (unpaired) electrons. The monoisotopic (exact) mass is 1560 g/mol. The molecule has 14 rings (SSSR count). The summed E-state index contributed by atoms with van der Waals surface area (Å²) < 4.78 is 33.6. The van der Waals surface area contributed by atoms with Crippen molar-refractivity contribution in [2.24, 2.45) is 0 Å². The Morgan fingerprint density at radius 3 is 0.856 bits per heavy atom. The molecule has 0 fully saturated rings. The zero-order valence-corrected chi connectivity index (χ0v) is 71.2. The molecule has 14 aromatic rings. The fraction of sp³-hybridized carbons (Fsp3) is 0.231. The Hall–Kier alpha value is -12.7. The molecule has 0 aromatic heterocycles. The lowest BCUT2D eigenvalue weighted by Gasteiger charge is -2.26. The summed E-state index contributed by atoms with van der Waals surface area (Å²) in [6.07, 6.45) is 5.26. The molecule has 600 valence electrons. The summed E-state index contributed by atoms with van der Waals surface area (Å²) in [6, 6.07) is 93.0. The Balaban J connectivity index is 0.000000187. The van der Waals surface area contributed by atoms with Crippen molar-refractivity contribution in [1.29, 1.82) is 0 Å². The van der Waals surface area contributed by atoms with Gasteiger partial charge in [-0.25, -0.2) is 0 Å². The molecule has 0 heterocycles. The van der Waals surface area contributed by atoms with E-state index in [1.807, 2.05) is 48.5 Å². The minimum absolute atomic E-state index is 0.0000100. The minimum Gasteiger partial charge on any atom is -0.497 e. The van der Waals surface area contributed by atoms with Gasteiger partial charge in [0.25, 0.3) is 0 Å². The average molecular weight is 1570 g/mol. The van der Waals surface area contributed by atoms with Gasteiger partial charge in [-0.15, -0.1) is 6.42 Å². The van der Waals surface area contributed by atoms with Gasteiger partial charge in [-0.05, 0) is 241 Å². The number of ether oxygens (including phenoxy) is 6. The number of terminal acetylenes is 1. The number of carbonyl (C=O) groups is 1. The number of carbonyl (C=O) groups excluding carboxylic acids is 1. The van der Waals surface area contributed by atoms with Crippen molar-refractivity contribution in [3.63, 3.8) is 0 Å². The number of aliphatic hydroxyl groups is 3. The lowest BCUT2D eigenvalue weighted by atomic mass is 9.77. The van der Waals surface area contributed by atoms with Crippen LogP contribution in [0.5, 0.6) is 34.5 Å². The van der Waals surface area contributed by atoms with E-state index in [2.05, 4.69) is 259 Å². The third kappa shape index (κ3) is 19.9. The summed E-state index contributed by atoms with van der Waals surface area (Å²) in [4.78, 5) is 12.1. The summed E-state index contributed by atoms with van der Waals surface area (Å²) in [7, 11) is 10.1. The third-order valence-corrected chi connectivity index (χ3v) is 21.5. The molecular weight excluding hydrogens is 1460 g/mol. The molecule has 10 heteroatoms. The van der Waals surface area contributed by atoms with E-state index in [1.54, 1.807) is 115 Å². The maximum absolute atomic E-state index is 12.1. The first-order valence-corrected chi connectivity index (χ1v) is 39.7. The standard InChI is InChI=1S/C54H52O4.C27H28O3.C15H14O3.C12H14/c1-53(2,3)37-19-11-33(12-20-37)49-45-31-41(57-9)27-29-43(45)48(36-17-25-40(56-8)26-18-36)52-50(34-13-21-38(22-14-34)54(4,5)6)46-32-42(58-10)28-30-44(46)47(51(49)52)35-15-23-39(55-7)24-16-35;1-26(2,3)22-9-5-20(6-10-22)17-18-27(29,23-11-7-21(19-28)8-12-23)24-13-15-25(30-4)16-14-24;1-18-14-8-6-13(7-9-14)15(17)12-4-2-11(10-16)3-5-12;1-5-10-6-8-11(9-7-10)12(2,3)4/h11-32H,1-10H3;5-16,28-29H,19H2,1-4H3;2-9,16H,10H2,1H3;1,6-9H,2-4H3. The van der Waals surface area contributed by atoms with E-state index in [1.165, 1.54) is 22.3 Å². The van der Waals surface area contributed by atoms with Crippen LogP contribution < -0.4 is 28.4 Å². The van der Waals surface area contributed by atoms with Crippen molar-refractivity contribution in [2.45, 2.75) is 124 Å². The summed E-state index contributed by atoms with van der Waals surface area (Å²) in [5.41, 5.74) is 18.8. The van der Waals surface area contributed by atoms with Crippen LogP contribution in [0.2, 0.25) is 0 Å². The number of fused-ring (bicyclic) bond motifs is 3. The van der Waals surface area contributed by atoms with Crippen molar-refractivity contribution in [3.05, 3.63) is 346 Å². The van der Waals surface area contributed by atoms with Gasteiger partial charge in [-0.2, -0.15) is 0 Å². The van der Waals surface area contributed by atoms with Crippen LogP contribution in [0.4, 0.5) is 0 Å². The number of benzene rings is 14. The van der Waals surface area contributed by atoms with Crippen molar-refractivity contribution in [3.8, 4) is 103 Å². The number of ketones is 1. The predicted molar refractivity (Wildman–Crippen MR) is 487 cm³/mol. The third-order valence-electron chi connectivity index (χ3n) is 21.5. The fourth-order valence-electron chi connectivity index (χ4n) is 14.4. The second kappa shape index (κ2) is 37.1. The van der Waals surface area contributed by atoms with Gasteiger partial charge in [-0.3, -0.25) is 4.79 Å². The van der Waals surface area contributed by atoms with Crippen LogP contribution in [0, 0.1) is 24.2 Å². The summed E-state index contributed by atoms with van der Waals surface area (Å²) in [5.74, 6) is 13.4. The first-order valence-electron chi connectivity index (χ1n) is 39.7. The normalized spacial score (nSPS) is 11.9. The van der Waals surface area contributed by atoms with Crippen molar-refractivity contribution in [2.75, 3.05) is 42.7 Å². The molecule has 10 nitrogen and oxygen atoms in total. The van der Waals surface area contributed by atoms with Gasteiger partial charge >= 0.3 is 0 Å². The zero-order chi connectivity index (χ0) is 84.9. The minimum atomic E-state index is -1.50. The molecule has 1 unspecified atom stereocenters. The van der Waals surface area contributed by atoms with E-state index in [0.717, 1.165) is 128 Å². The van der Waals surface area contributed by atoms with Gasteiger partial charge in [0.1, 0.15) is 34.5 Å². The topological polar surface area (TPSA) is 133 Å².